The first-order chi connectivity index (χ1) is 8.34. The molecule has 1 saturated heterocycles. The average Bonchev–Trinajstić information content (AvgIpc) is 2.65. The Labute approximate surface area is 108 Å². The minimum atomic E-state index is -0.138. The molecule has 5 nitrogen and oxygen atoms in total. The van der Waals surface area contributed by atoms with E-state index in [2.05, 4.69) is 5.10 Å². The Balaban J connectivity index is 2.50. The van der Waals surface area contributed by atoms with Gasteiger partial charge in [-0.15, -0.1) is 0 Å². The summed E-state index contributed by atoms with van der Waals surface area (Å²) in [6.07, 6.45) is 0.427. The third-order valence-electron chi connectivity index (χ3n) is 3.82. The van der Waals surface area contributed by atoms with Crippen LogP contribution in [-0.2, 0) is 11.8 Å². The minimum Gasteiger partial charge on any atom is -0.331 e. The highest BCUT2D eigenvalue weighted by Crippen LogP contribution is 2.36. The van der Waals surface area contributed by atoms with Gasteiger partial charge in [-0.2, -0.15) is 5.10 Å². The van der Waals surface area contributed by atoms with Crippen molar-refractivity contribution in [3.63, 3.8) is 0 Å². The molecule has 18 heavy (non-hydrogen) atoms. The molecule has 2 atom stereocenters. The Morgan fingerprint density at radius 2 is 2.00 bits per heavy atom. The number of hydrogen-bond acceptors (Lipinski definition) is 3. The summed E-state index contributed by atoms with van der Waals surface area (Å²) in [4.78, 5) is 14.0. The van der Waals surface area contributed by atoms with Crippen molar-refractivity contribution in [2.75, 3.05) is 0 Å². The van der Waals surface area contributed by atoms with E-state index in [0.717, 1.165) is 17.0 Å². The molecular formula is C13H22N4O. The van der Waals surface area contributed by atoms with Gasteiger partial charge in [-0.1, -0.05) is 0 Å². The zero-order chi connectivity index (χ0) is 13.6. The second-order valence-corrected chi connectivity index (χ2v) is 5.42. The quantitative estimate of drug-likeness (QED) is 0.853. The topological polar surface area (TPSA) is 64.2 Å². The lowest BCUT2D eigenvalue weighted by atomic mass is 9.98. The summed E-state index contributed by atoms with van der Waals surface area (Å²) in [6.45, 7) is 8.08. The lowest BCUT2D eigenvalue weighted by molar-refractivity contribution is -0.130. The maximum atomic E-state index is 12.1. The molecule has 5 heteroatoms. The van der Waals surface area contributed by atoms with Crippen LogP contribution in [0.1, 0.15) is 43.3 Å². The number of rotatable bonds is 2. The van der Waals surface area contributed by atoms with Gasteiger partial charge < -0.3 is 10.6 Å². The zero-order valence-electron chi connectivity index (χ0n) is 11.8. The molecule has 0 saturated carbocycles. The molecule has 1 aromatic rings. The van der Waals surface area contributed by atoms with Crippen LogP contribution >= 0.6 is 0 Å². The number of amides is 1. The molecule has 1 fully saturated rings. The van der Waals surface area contributed by atoms with Gasteiger partial charge in [-0.05, 0) is 27.7 Å². The summed E-state index contributed by atoms with van der Waals surface area (Å²) in [6, 6.07) is -0.0113. The first-order valence-corrected chi connectivity index (χ1v) is 6.41. The van der Waals surface area contributed by atoms with Crippen LogP contribution in [0.15, 0.2) is 0 Å². The maximum absolute atomic E-state index is 12.1. The van der Waals surface area contributed by atoms with E-state index in [-0.39, 0.29) is 24.0 Å². The highest BCUT2D eigenvalue weighted by Gasteiger charge is 2.42. The van der Waals surface area contributed by atoms with Crippen LogP contribution in [0.25, 0.3) is 0 Å². The molecule has 1 aliphatic heterocycles. The fourth-order valence-corrected chi connectivity index (χ4v) is 2.96. The Morgan fingerprint density at radius 1 is 1.39 bits per heavy atom. The fraction of sp³-hybridized carbons (Fsp3) is 0.692. The zero-order valence-corrected chi connectivity index (χ0v) is 11.8. The van der Waals surface area contributed by atoms with Gasteiger partial charge in [0.25, 0.3) is 0 Å². The number of likely N-dealkylation sites (tertiary alicyclic amines) is 1. The standard InChI is InChI=1S/C13H22N4O/c1-7(2)17-11(18)6-10(14)13(17)12-8(3)15-16(5)9(12)4/h7,10,13H,6,14H2,1-5H3/t10-,13-/m1/s1. The second kappa shape index (κ2) is 4.39. The minimum absolute atomic E-state index is 0.0359. The van der Waals surface area contributed by atoms with Crippen molar-refractivity contribution < 1.29 is 4.79 Å². The fourth-order valence-electron chi connectivity index (χ4n) is 2.96. The van der Waals surface area contributed by atoms with Crippen molar-refractivity contribution in [3.8, 4) is 0 Å². The highest BCUT2D eigenvalue weighted by molar-refractivity contribution is 5.80. The molecule has 0 aromatic carbocycles. The summed E-state index contributed by atoms with van der Waals surface area (Å²) in [5, 5.41) is 4.43. The molecule has 0 radical (unpaired) electrons. The number of nitrogens with zero attached hydrogens (tertiary/aromatic N) is 3. The van der Waals surface area contributed by atoms with Gasteiger partial charge in [0, 0.05) is 36.8 Å². The van der Waals surface area contributed by atoms with Crippen LogP contribution in [0.4, 0.5) is 0 Å². The molecule has 2 heterocycles. The predicted molar refractivity (Wildman–Crippen MR) is 70.0 cm³/mol. The molecule has 100 valence electrons. The summed E-state index contributed by atoms with van der Waals surface area (Å²) in [5.74, 6) is 0.144. The Morgan fingerprint density at radius 3 is 2.44 bits per heavy atom. The summed E-state index contributed by atoms with van der Waals surface area (Å²) in [7, 11) is 1.92. The average molecular weight is 250 g/mol. The number of carbonyl (C=O) groups excluding carboxylic acids is 1. The molecule has 1 aromatic heterocycles. The Kier molecular flexibility index (Phi) is 3.19. The number of nitrogens with two attached hydrogens (primary N) is 1. The third-order valence-corrected chi connectivity index (χ3v) is 3.82. The molecule has 0 bridgehead atoms. The van der Waals surface area contributed by atoms with E-state index >= 15 is 0 Å². The van der Waals surface area contributed by atoms with Gasteiger partial charge in [0.05, 0.1) is 11.7 Å². The Bertz CT molecular complexity index is 478. The van der Waals surface area contributed by atoms with E-state index in [1.807, 2.05) is 44.3 Å². The highest BCUT2D eigenvalue weighted by atomic mass is 16.2. The summed E-state index contributed by atoms with van der Waals surface area (Å²) >= 11 is 0. The molecule has 2 rings (SSSR count). The number of aromatic nitrogens is 2. The van der Waals surface area contributed by atoms with Gasteiger partial charge in [0.2, 0.25) is 5.91 Å². The lowest BCUT2D eigenvalue weighted by Gasteiger charge is -2.30. The summed E-state index contributed by atoms with van der Waals surface area (Å²) in [5.41, 5.74) is 9.35. The predicted octanol–water partition coefficient (Wildman–Crippen LogP) is 1.05. The van der Waals surface area contributed by atoms with Crippen LogP contribution in [0.2, 0.25) is 0 Å². The van der Waals surface area contributed by atoms with Crippen molar-refractivity contribution in [1.29, 1.82) is 0 Å². The van der Waals surface area contributed by atoms with E-state index < -0.39 is 0 Å². The van der Waals surface area contributed by atoms with Crippen molar-refractivity contribution in [1.82, 2.24) is 14.7 Å². The molecule has 0 spiro atoms. The summed E-state index contributed by atoms with van der Waals surface area (Å²) < 4.78 is 1.86. The van der Waals surface area contributed by atoms with E-state index in [4.69, 9.17) is 5.73 Å². The van der Waals surface area contributed by atoms with Crippen molar-refractivity contribution in [2.45, 2.75) is 52.2 Å². The monoisotopic (exact) mass is 250 g/mol. The van der Waals surface area contributed by atoms with Crippen molar-refractivity contribution >= 4 is 5.91 Å². The van der Waals surface area contributed by atoms with Crippen LogP contribution in [0.5, 0.6) is 0 Å². The van der Waals surface area contributed by atoms with E-state index in [0.29, 0.717) is 6.42 Å². The molecule has 2 N–H and O–H groups in total. The van der Waals surface area contributed by atoms with Crippen LogP contribution in [0.3, 0.4) is 0 Å². The maximum Gasteiger partial charge on any atom is 0.225 e. The van der Waals surface area contributed by atoms with Gasteiger partial charge in [0.1, 0.15) is 0 Å². The number of hydrogen-bond donors (Lipinski definition) is 1. The Hall–Kier alpha value is -1.36. The first kappa shape index (κ1) is 13.1. The molecule has 0 aliphatic carbocycles. The van der Waals surface area contributed by atoms with Crippen molar-refractivity contribution in [3.05, 3.63) is 17.0 Å². The third kappa shape index (κ3) is 1.82. The van der Waals surface area contributed by atoms with Gasteiger partial charge in [-0.25, -0.2) is 0 Å². The largest absolute Gasteiger partial charge is 0.331 e. The normalized spacial score (nSPS) is 24.4. The van der Waals surface area contributed by atoms with E-state index in [1.165, 1.54) is 0 Å². The van der Waals surface area contributed by atoms with E-state index in [1.54, 1.807) is 0 Å². The second-order valence-electron chi connectivity index (χ2n) is 5.42. The van der Waals surface area contributed by atoms with Crippen LogP contribution < -0.4 is 5.73 Å². The van der Waals surface area contributed by atoms with Gasteiger partial charge >= 0.3 is 0 Å². The SMILES string of the molecule is Cc1nn(C)c(C)c1[C@H]1[C@H](N)CC(=O)N1C(C)C. The smallest absolute Gasteiger partial charge is 0.225 e. The van der Waals surface area contributed by atoms with Crippen molar-refractivity contribution in [2.24, 2.45) is 12.8 Å². The number of aryl methyl sites for hydroxylation is 2. The van der Waals surface area contributed by atoms with Crippen LogP contribution in [0, 0.1) is 13.8 Å². The molecular weight excluding hydrogens is 228 g/mol. The first-order valence-electron chi connectivity index (χ1n) is 6.41. The molecule has 0 unspecified atom stereocenters. The lowest BCUT2D eigenvalue weighted by Crippen LogP contribution is -2.38. The van der Waals surface area contributed by atoms with E-state index in [9.17, 15) is 4.79 Å². The molecule has 1 amide bonds. The van der Waals surface area contributed by atoms with Crippen LogP contribution in [-0.4, -0.2) is 32.7 Å². The number of carbonyl (C=O) groups is 1. The van der Waals surface area contributed by atoms with Gasteiger partial charge in [0.15, 0.2) is 0 Å². The van der Waals surface area contributed by atoms with Gasteiger partial charge in [-0.3, -0.25) is 9.48 Å². The molecule has 1 aliphatic rings.